The maximum Gasteiger partial charge on any atom is 0.673 e. The van der Waals surface area contributed by atoms with Crippen molar-refractivity contribution in [3.8, 4) is 5.75 Å². The molecule has 0 saturated heterocycles. The van der Waals surface area contributed by atoms with E-state index in [0.717, 1.165) is 12.2 Å². The highest BCUT2D eigenvalue weighted by Crippen LogP contribution is 2.12. The molecule has 0 aromatic heterocycles. The highest BCUT2D eigenvalue weighted by molar-refractivity contribution is 7.78. The molecule has 7 heteroatoms. The zero-order valence-corrected chi connectivity index (χ0v) is 12.0. The Morgan fingerprint density at radius 2 is 1.38 bits per heavy atom. The Balaban J connectivity index is 0.000000383. The molecule has 0 aliphatic heterocycles. The lowest BCUT2D eigenvalue weighted by Crippen LogP contribution is -2.02. The van der Waals surface area contributed by atoms with Crippen LogP contribution in [0.15, 0.2) is 59.5 Å². The summed E-state index contributed by atoms with van der Waals surface area (Å²) in [6.45, 7) is 0. The molecule has 21 heavy (non-hydrogen) atoms. The van der Waals surface area contributed by atoms with Crippen molar-refractivity contribution < 1.29 is 22.4 Å². The maximum atomic E-state index is 9.75. The first-order valence-corrected chi connectivity index (χ1v) is 7.30. The number of phenolic OH excluding ortho intramolecular Hbond substituents is 1. The molecule has 114 valence electrons. The Kier molecular flexibility index (Phi) is 7.15. The Bertz CT molecular complexity index is 511. The molecule has 0 fully saturated rings. The van der Waals surface area contributed by atoms with Gasteiger partial charge in [-0.25, -0.2) is 0 Å². The van der Waals surface area contributed by atoms with Gasteiger partial charge in [0.1, 0.15) is 11.5 Å². The number of hydrogen-bond donors (Lipinski definition) is 1. The second-order valence-corrected chi connectivity index (χ2v) is 5.41. The van der Waals surface area contributed by atoms with Crippen molar-refractivity contribution in [1.82, 2.24) is 0 Å². The van der Waals surface area contributed by atoms with Crippen LogP contribution in [0.25, 0.3) is 0 Å². The Morgan fingerprint density at radius 1 is 0.857 bits per heavy atom. The number of hydrogen-bond acceptors (Lipinski definition) is 1. The first-order chi connectivity index (χ1) is 9.84. The predicted molar refractivity (Wildman–Crippen MR) is 80.3 cm³/mol. The minimum Gasteiger partial charge on any atom is -0.508 e. The summed E-state index contributed by atoms with van der Waals surface area (Å²) in [4.78, 5) is 1.26. The number of aryl methyl sites for hydroxylation is 1. The summed E-state index contributed by atoms with van der Waals surface area (Å²) in [6.07, 6.45) is 1.10. The van der Waals surface area contributed by atoms with Gasteiger partial charge >= 0.3 is 7.25 Å². The van der Waals surface area contributed by atoms with Gasteiger partial charge in [-0.05, 0) is 29.8 Å². The SMILES string of the molecule is F[B-](F)(F)F.Oc1ccc([SH+]CCc2ccccc2)cc1. The van der Waals surface area contributed by atoms with Crippen LogP contribution in [0.5, 0.6) is 5.75 Å². The average molecular weight is 318 g/mol. The third kappa shape index (κ3) is 9.84. The highest BCUT2D eigenvalue weighted by Gasteiger charge is 2.20. The fraction of sp³-hybridized carbons (Fsp3) is 0.143. The van der Waals surface area contributed by atoms with Crippen LogP contribution in [-0.2, 0) is 18.2 Å². The topological polar surface area (TPSA) is 20.2 Å². The van der Waals surface area contributed by atoms with Crippen LogP contribution in [0.1, 0.15) is 5.56 Å². The quantitative estimate of drug-likeness (QED) is 0.389. The number of phenols is 1. The van der Waals surface area contributed by atoms with Gasteiger partial charge in [0, 0.05) is 18.2 Å². The lowest BCUT2D eigenvalue weighted by molar-refractivity contribution is 0.368. The largest absolute Gasteiger partial charge is 0.673 e. The fourth-order valence-electron chi connectivity index (χ4n) is 1.52. The van der Waals surface area contributed by atoms with E-state index in [2.05, 4.69) is 24.3 Å². The standard InChI is InChI=1S/C14H14OS.BF4/c15-13-6-8-14(9-7-13)16-11-10-12-4-2-1-3-5-12;2-1(3,4)5/h1-9,15H,10-11H2;/q;-1/p+1. The van der Waals surface area contributed by atoms with Crippen molar-refractivity contribution in [2.24, 2.45) is 0 Å². The van der Waals surface area contributed by atoms with E-state index in [9.17, 15) is 17.3 Å². The first kappa shape index (κ1) is 17.4. The molecule has 0 amide bonds. The molecule has 0 bridgehead atoms. The molecule has 2 aromatic rings. The second-order valence-electron chi connectivity index (χ2n) is 4.13. The molecule has 0 aliphatic rings. The molecule has 0 spiro atoms. The molecule has 0 atom stereocenters. The normalized spacial score (nSPS) is 10.7. The summed E-state index contributed by atoms with van der Waals surface area (Å²) >= 11 is 1.31. The van der Waals surface area contributed by atoms with Crippen LogP contribution in [0, 0.1) is 0 Å². The van der Waals surface area contributed by atoms with E-state index in [1.54, 1.807) is 12.1 Å². The van der Waals surface area contributed by atoms with Crippen LogP contribution in [0.4, 0.5) is 17.3 Å². The number of thiol groups is 1. The van der Waals surface area contributed by atoms with E-state index < -0.39 is 7.25 Å². The molecular weight excluding hydrogens is 303 g/mol. The summed E-state index contributed by atoms with van der Waals surface area (Å²) < 4.78 is 39.0. The number of aromatic hydroxyl groups is 1. The average Bonchev–Trinajstić information content (AvgIpc) is 2.40. The Hall–Kier alpha value is -1.63. The van der Waals surface area contributed by atoms with Crippen molar-refractivity contribution in [3.05, 3.63) is 60.2 Å². The van der Waals surface area contributed by atoms with Gasteiger partial charge in [-0.2, -0.15) is 0 Å². The summed E-state index contributed by atoms with van der Waals surface area (Å²) in [5.41, 5.74) is 1.38. The third-order valence-corrected chi connectivity index (χ3v) is 3.50. The van der Waals surface area contributed by atoms with Gasteiger partial charge < -0.3 is 22.4 Å². The van der Waals surface area contributed by atoms with Crippen molar-refractivity contribution in [2.75, 3.05) is 5.75 Å². The van der Waals surface area contributed by atoms with Gasteiger partial charge in [-0.1, -0.05) is 30.3 Å². The van der Waals surface area contributed by atoms with Crippen molar-refractivity contribution >= 4 is 19.0 Å². The predicted octanol–water partition coefficient (Wildman–Crippen LogP) is 4.11. The van der Waals surface area contributed by atoms with Gasteiger partial charge in [-0.3, -0.25) is 0 Å². The van der Waals surface area contributed by atoms with Crippen LogP contribution in [-0.4, -0.2) is 18.1 Å². The first-order valence-electron chi connectivity index (χ1n) is 6.22. The lowest BCUT2D eigenvalue weighted by Gasteiger charge is -1.96. The molecule has 0 aliphatic carbocycles. The molecule has 1 N–H and O–H groups in total. The van der Waals surface area contributed by atoms with Gasteiger partial charge in [-0.15, -0.1) is 0 Å². The Labute approximate surface area is 125 Å². The van der Waals surface area contributed by atoms with Crippen LogP contribution < -0.4 is 0 Å². The zero-order valence-electron chi connectivity index (χ0n) is 11.1. The highest BCUT2D eigenvalue weighted by atomic mass is 32.2. The molecule has 0 radical (unpaired) electrons. The molecule has 2 aromatic carbocycles. The molecule has 0 saturated carbocycles. The van der Waals surface area contributed by atoms with E-state index in [4.69, 9.17) is 5.11 Å². The van der Waals surface area contributed by atoms with Crippen LogP contribution in [0.2, 0.25) is 0 Å². The summed E-state index contributed by atoms with van der Waals surface area (Å²) in [6, 6.07) is 17.9. The maximum absolute atomic E-state index is 9.75. The zero-order chi connectivity index (χ0) is 15.7. The monoisotopic (exact) mass is 318 g/mol. The lowest BCUT2D eigenvalue weighted by atomic mass is 10.2. The summed E-state index contributed by atoms with van der Waals surface area (Å²) in [5.74, 6) is 1.46. The van der Waals surface area contributed by atoms with Crippen LogP contribution in [0.3, 0.4) is 0 Å². The summed E-state index contributed by atoms with van der Waals surface area (Å²) in [7, 11) is -6.00. The molecule has 0 heterocycles. The number of rotatable bonds is 4. The van der Waals surface area contributed by atoms with Crippen molar-refractivity contribution in [2.45, 2.75) is 11.3 Å². The minimum atomic E-state index is -6.00. The molecule has 1 nitrogen and oxygen atoms in total. The smallest absolute Gasteiger partial charge is 0.508 e. The molecule has 2 rings (SSSR count). The van der Waals surface area contributed by atoms with Crippen molar-refractivity contribution in [3.63, 3.8) is 0 Å². The Morgan fingerprint density at radius 3 is 1.90 bits per heavy atom. The second kappa shape index (κ2) is 8.62. The van der Waals surface area contributed by atoms with Crippen molar-refractivity contribution in [1.29, 1.82) is 0 Å². The van der Waals surface area contributed by atoms with Gasteiger partial charge in [0.05, 0.1) is 0 Å². The van der Waals surface area contributed by atoms with Gasteiger partial charge in [0.15, 0.2) is 4.90 Å². The van der Waals surface area contributed by atoms with Gasteiger partial charge in [0.2, 0.25) is 0 Å². The third-order valence-electron chi connectivity index (χ3n) is 2.39. The number of benzene rings is 2. The van der Waals surface area contributed by atoms with Crippen LogP contribution >= 0.6 is 0 Å². The van der Waals surface area contributed by atoms with E-state index in [-0.39, 0.29) is 0 Å². The molecule has 0 unspecified atom stereocenters. The molecular formula is C14H15BF4OS. The number of halogens is 4. The summed E-state index contributed by atoms with van der Waals surface area (Å²) in [5, 5.41) is 9.16. The van der Waals surface area contributed by atoms with E-state index in [1.165, 1.54) is 22.2 Å². The van der Waals surface area contributed by atoms with E-state index in [1.807, 2.05) is 18.2 Å². The fourth-order valence-corrected chi connectivity index (χ4v) is 2.50. The van der Waals surface area contributed by atoms with Gasteiger partial charge in [0.25, 0.3) is 0 Å². The van der Waals surface area contributed by atoms with E-state index in [0.29, 0.717) is 5.75 Å². The van der Waals surface area contributed by atoms with E-state index >= 15 is 0 Å². The minimum absolute atomic E-state index is 0.335.